The van der Waals surface area contributed by atoms with Crippen molar-refractivity contribution in [2.24, 2.45) is 11.8 Å². The molecular formula is C16H20N2O2. The van der Waals surface area contributed by atoms with Gasteiger partial charge < -0.3 is 10.2 Å². The van der Waals surface area contributed by atoms with Crippen molar-refractivity contribution in [1.29, 1.82) is 0 Å². The number of carbonyl (C=O) groups is 2. The largest absolute Gasteiger partial charge is 0.326 e. The van der Waals surface area contributed by atoms with E-state index in [9.17, 15) is 9.59 Å². The van der Waals surface area contributed by atoms with Gasteiger partial charge in [0.1, 0.15) is 0 Å². The Bertz CT molecular complexity index is 564. The van der Waals surface area contributed by atoms with Crippen LogP contribution in [-0.2, 0) is 16.0 Å². The second kappa shape index (κ2) is 4.93. The molecule has 1 aromatic carbocycles. The standard InChI is InChI=1S/C16H20N2O2/c1-10(12-3-4-12)16(20)17-14-6-5-13-7-8-18(11(2)19)15(13)9-14/h5-6,9-10,12H,3-4,7-8H2,1-2H3,(H,17,20). The molecule has 0 aromatic heterocycles. The molecule has 0 bridgehead atoms. The first-order chi connectivity index (χ1) is 9.56. The van der Waals surface area contributed by atoms with Crippen LogP contribution in [0, 0.1) is 11.8 Å². The first-order valence-electron chi connectivity index (χ1n) is 7.28. The van der Waals surface area contributed by atoms with Gasteiger partial charge in [0.25, 0.3) is 0 Å². The van der Waals surface area contributed by atoms with Gasteiger partial charge in [-0.25, -0.2) is 0 Å². The quantitative estimate of drug-likeness (QED) is 0.919. The van der Waals surface area contributed by atoms with E-state index >= 15 is 0 Å². The lowest BCUT2D eigenvalue weighted by Gasteiger charge is -2.16. The van der Waals surface area contributed by atoms with Gasteiger partial charge in [0.15, 0.2) is 0 Å². The average Bonchev–Trinajstić information content (AvgIpc) is 3.17. The number of hydrogen-bond acceptors (Lipinski definition) is 2. The second-order valence-corrected chi connectivity index (χ2v) is 5.88. The van der Waals surface area contributed by atoms with Crippen molar-refractivity contribution in [2.75, 3.05) is 16.8 Å². The lowest BCUT2D eigenvalue weighted by atomic mass is 10.1. The molecule has 2 amide bonds. The van der Waals surface area contributed by atoms with Crippen molar-refractivity contribution in [1.82, 2.24) is 0 Å². The summed E-state index contributed by atoms with van der Waals surface area (Å²) in [6.45, 7) is 4.30. The van der Waals surface area contributed by atoms with Gasteiger partial charge in [-0.3, -0.25) is 9.59 Å². The van der Waals surface area contributed by atoms with Gasteiger partial charge in [-0.1, -0.05) is 13.0 Å². The number of amides is 2. The van der Waals surface area contributed by atoms with E-state index in [2.05, 4.69) is 5.32 Å². The Morgan fingerprint density at radius 2 is 2.10 bits per heavy atom. The fourth-order valence-corrected chi connectivity index (χ4v) is 2.85. The molecule has 1 aromatic rings. The Morgan fingerprint density at radius 1 is 1.35 bits per heavy atom. The monoisotopic (exact) mass is 272 g/mol. The summed E-state index contributed by atoms with van der Waals surface area (Å²) in [5, 5.41) is 2.98. The first-order valence-corrected chi connectivity index (χ1v) is 7.28. The highest BCUT2D eigenvalue weighted by molar-refractivity contribution is 5.97. The molecule has 1 aliphatic carbocycles. The van der Waals surface area contributed by atoms with E-state index in [1.165, 1.54) is 5.56 Å². The molecule has 1 heterocycles. The number of fused-ring (bicyclic) bond motifs is 1. The Morgan fingerprint density at radius 3 is 2.75 bits per heavy atom. The third-order valence-corrected chi connectivity index (χ3v) is 4.37. The number of carbonyl (C=O) groups excluding carboxylic acids is 2. The maximum Gasteiger partial charge on any atom is 0.227 e. The van der Waals surface area contributed by atoms with Gasteiger partial charge in [0.05, 0.1) is 0 Å². The predicted octanol–water partition coefficient (Wildman–Crippen LogP) is 2.58. The Hall–Kier alpha value is -1.84. The van der Waals surface area contributed by atoms with E-state index in [1.54, 1.807) is 11.8 Å². The molecule has 1 atom stereocenters. The van der Waals surface area contributed by atoms with E-state index in [4.69, 9.17) is 0 Å². The van der Waals surface area contributed by atoms with E-state index in [1.807, 2.05) is 25.1 Å². The normalized spacial score (nSPS) is 18.6. The summed E-state index contributed by atoms with van der Waals surface area (Å²) >= 11 is 0. The average molecular weight is 272 g/mol. The summed E-state index contributed by atoms with van der Waals surface area (Å²) < 4.78 is 0. The van der Waals surface area contributed by atoms with E-state index in [0.717, 1.165) is 37.2 Å². The van der Waals surface area contributed by atoms with Crippen LogP contribution in [0.4, 0.5) is 11.4 Å². The molecule has 0 saturated heterocycles. The zero-order valence-corrected chi connectivity index (χ0v) is 12.0. The van der Waals surface area contributed by atoms with Crippen LogP contribution in [0.5, 0.6) is 0 Å². The van der Waals surface area contributed by atoms with Gasteiger partial charge in [-0.15, -0.1) is 0 Å². The number of nitrogens with zero attached hydrogens (tertiary/aromatic N) is 1. The summed E-state index contributed by atoms with van der Waals surface area (Å²) in [7, 11) is 0. The van der Waals surface area contributed by atoms with Crippen LogP contribution in [0.25, 0.3) is 0 Å². The van der Waals surface area contributed by atoms with Gasteiger partial charge in [0.2, 0.25) is 11.8 Å². The molecule has 3 rings (SSSR count). The summed E-state index contributed by atoms with van der Waals surface area (Å²) in [5.74, 6) is 0.767. The van der Waals surface area contributed by atoms with Crippen molar-refractivity contribution in [2.45, 2.75) is 33.1 Å². The maximum atomic E-state index is 12.1. The third kappa shape index (κ3) is 2.42. The topological polar surface area (TPSA) is 49.4 Å². The molecule has 4 nitrogen and oxygen atoms in total. The van der Waals surface area contributed by atoms with Crippen molar-refractivity contribution in [3.63, 3.8) is 0 Å². The minimum Gasteiger partial charge on any atom is -0.326 e. The predicted molar refractivity (Wildman–Crippen MR) is 78.7 cm³/mol. The fourth-order valence-electron chi connectivity index (χ4n) is 2.85. The van der Waals surface area contributed by atoms with Gasteiger partial charge in [0, 0.05) is 30.8 Å². The highest BCUT2D eigenvalue weighted by Gasteiger charge is 2.32. The van der Waals surface area contributed by atoms with E-state index in [0.29, 0.717) is 5.92 Å². The third-order valence-electron chi connectivity index (χ3n) is 4.37. The zero-order chi connectivity index (χ0) is 14.3. The number of hydrogen-bond donors (Lipinski definition) is 1. The maximum absolute atomic E-state index is 12.1. The lowest BCUT2D eigenvalue weighted by molar-refractivity contribution is -0.120. The summed E-state index contributed by atoms with van der Waals surface area (Å²) in [4.78, 5) is 25.5. The fraction of sp³-hybridized carbons (Fsp3) is 0.500. The Kier molecular flexibility index (Phi) is 3.24. The Labute approximate surface area is 119 Å². The van der Waals surface area contributed by atoms with Crippen LogP contribution in [0.3, 0.4) is 0 Å². The molecule has 1 N–H and O–H groups in total. The SMILES string of the molecule is CC(=O)N1CCc2ccc(NC(=O)C(C)C3CC3)cc21. The van der Waals surface area contributed by atoms with Gasteiger partial charge in [-0.05, 0) is 42.9 Å². The first kappa shape index (κ1) is 13.2. The summed E-state index contributed by atoms with van der Waals surface area (Å²) in [6, 6.07) is 5.86. The highest BCUT2D eigenvalue weighted by Crippen LogP contribution is 2.37. The summed E-state index contributed by atoms with van der Waals surface area (Å²) in [6.07, 6.45) is 3.22. The van der Waals surface area contributed by atoms with E-state index < -0.39 is 0 Å². The van der Waals surface area contributed by atoms with Crippen molar-refractivity contribution in [3.8, 4) is 0 Å². The molecule has 0 radical (unpaired) electrons. The zero-order valence-electron chi connectivity index (χ0n) is 12.0. The van der Waals surface area contributed by atoms with Crippen molar-refractivity contribution < 1.29 is 9.59 Å². The minimum absolute atomic E-state index is 0.0542. The molecule has 0 spiro atoms. The van der Waals surface area contributed by atoms with Gasteiger partial charge in [-0.2, -0.15) is 0 Å². The molecule has 1 unspecified atom stereocenters. The molecule has 106 valence electrons. The van der Waals surface area contributed by atoms with Crippen molar-refractivity contribution in [3.05, 3.63) is 23.8 Å². The van der Waals surface area contributed by atoms with Crippen LogP contribution in [0.1, 0.15) is 32.3 Å². The van der Waals surface area contributed by atoms with E-state index in [-0.39, 0.29) is 17.7 Å². The summed E-state index contributed by atoms with van der Waals surface area (Å²) in [5.41, 5.74) is 2.90. The van der Waals surface area contributed by atoms with Crippen LogP contribution in [0.15, 0.2) is 18.2 Å². The number of benzene rings is 1. The van der Waals surface area contributed by atoms with Gasteiger partial charge >= 0.3 is 0 Å². The van der Waals surface area contributed by atoms with Crippen molar-refractivity contribution >= 4 is 23.2 Å². The minimum atomic E-state index is 0.0542. The molecular weight excluding hydrogens is 252 g/mol. The van der Waals surface area contributed by atoms with Crippen LogP contribution in [-0.4, -0.2) is 18.4 Å². The second-order valence-electron chi connectivity index (χ2n) is 5.88. The smallest absolute Gasteiger partial charge is 0.227 e. The lowest BCUT2D eigenvalue weighted by Crippen LogP contribution is -2.26. The molecule has 20 heavy (non-hydrogen) atoms. The van der Waals surface area contributed by atoms with Crippen LogP contribution >= 0.6 is 0 Å². The van der Waals surface area contributed by atoms with Crippen LogP contribution in [0.2, 0.25) is 0 Å². The number of anilines is 2. The molecule has 1 saturated carbocycles. The highest BCUT2D eigenvalue weighted by atomic mass is 16.2. The number of nitrogens with one attached hydrogen (secondary N) is 1. The van der Waals surface area contributed by atoms with Crippen LogP contribution < -0.4 is 10.2 Å². The molecule has 4 heteroatoms. The number of rotatable bonds is 3. The molecule has 1 aliphatic heterocycles. The molecule has 1 fully saturated rings. The molecule has 2 aliphatic rings. The Balaban J connectivity index is 1.76.